The molecule has 3 rings (SSSR count). The van der Waals surface area contributed by atoms with Crippen LogP contribution < -0.4 is 5.32 Å². The van der Waals surface area contributed by atoms with Crippen molar-refractivity contribution in [1.82, 2.24) is 4.98 Å². The van der Waals surface area contributed by atoms with Crippen LogP contribution in [-0.4, -0.2) is 4.98 Å². The smallest absolute Gasteiger partial charge is 0.183 e. The minimum Gasteiger partial charge on any atom is -0.467 e. The number of halogens is 2. The van der Waals surface area contributed by atoms with Gasteiger partial charge in [-0.25, -0.2) is 4.98 Å². The van der Waals surface area contributed by atoms with Crippen molar-refractivity contribution < 1.29 is 4.42 Å². The number of rotatable bonds is 4. The van der Waals surface area contributed by atoms with Crippen LogP contribution in [0.4, 0.5) is 5.13 Å². The quantitative estimate of drug-likeness (QED) is 0.705. The summed E-state index contributed by atoms with van der Waals surface area (Å²) in [4.78, 5) is 4.51. The molecular weight excluding hydrogens is 315 g/mol. The number of nitrogens with one attached hydrogen (secondary N) is 1. The molecule has 0 unspecified atom stereocenters. The Bertz CT molecular complexity index is 710. The first kappa shape index (κ1) is 13.5. The summed E-state index contributed by atoms with van der Waals surface area (Å²) in [5, 5.41) is 7.21. The van der Waals surface area contributed by atoms with Crippen LogP contribution in [-0.2, 0) is 6.54 Å². The van der Waals surface area contributed by atoms with Gasteiger partial charge in [0, 0.05) is 16.0 Å². The number of hydrogen-bond acceptors (Lipinski definition) is 4. The van der Waals surface area contributed by atoms with Gasteiger partial charge in [-0.3, -0.25) is 0 Å². The van der Waals surface area contributed by atoms with Gasteiger partial charge < -0.3 is 9.73 Å². The Kier molecular flexibility index (Phi) is 3.96. The Morgan fingerprint density at radius 2 is 2.15 bits per heavy atom. The topological polar surface area (TPSA) is 38.1 Å². The molecule has 0 amide bonds. The second-order valence-corrected chi connectivity index (χ2v) is 5.80. The van der Waals surface area contributed by atoms with Crippen molar-refractivity contribution in [3.8, 4) is 11.3 Å². The van der Waals surface area contributed by atoms with E-state index >= 15 is 0 Å². The lowest BCUT2D eigenvalue weighted by molar-refractivity contribution is 0.518. The van der Waals surface area contributed by atoms with E-state index in [4.69, 9.17) is 27.6 Å². The zero-order valence-corrected chi connectivity index (χ0v) is 12.6. The summed E-state index contributed by atoms with van der Waals surface area (Å²) in [5.41, 5.74) is 1.71. The van der Waals surface area contributed by atoms with E-state index in [0.717, 1.165) is 22.1 Å². The highest BCUT2D eigenvalue weighted by atomic mass is 35.5. The molecular formula is C14H10Cl2N2OS. The number of nitrogens with zero attached hydrogens (tertiary/aromatic N) is 1. The molecule has 3 nitrogen and oxygen atoms in total. The number of aromatic nitrogens is 1. The minimum absolute atomic E-state index is 0.598. The highest BCUT2D eigenvalue weighted by Gasteiger charge is 2.09. The second-order valence-electron chi connectivity index (χ2n) is 4.09. The molecule has 0 aliphatic carbocycles. The van der Waals surface area contributed by atoms with Crippen LogP contribution >= 0.6 is 34.5 Å². The summed E-state index contributed by atoms with van der Waals surface area (Å²) in [5.74, 6) is 0.867. The van der Waals surface area contributed by atoms with Crippen LogP contribution in [0, 0.1) is 0 Å². The lowest BCUT2D eigenvalue weighted by Crippen LogP contribution is -1.97. The van der Waals surface area contributed by atoms with Crippen LogP contribution in [0.5, 0.6) is 0 Å². The van der Waals surface area contributed by atoms with Crippen molar-refractivity contribution in [1.29, 1.82) is 0 Å². The van der Waals surface area contributed by atoms with Gasteiger partial charge in [0.15, 0.2) is 5.13 Å². The van der Waals surface area contributed by atoms with Gasteiger partial charge in [0.05, 0.1) is 23.5 Å². The van der Waals surface area contributed by atoms with Crippen LogP contribution in [0.25, 0.3) is 11.3 Å². The Balaban J connectivity index is 1.76. The molecule has 0 spiro atoms. The molecule has 2 heterocycles. The predicted molar refractivity (Wildman–Crippen MR) is 83.6 cm³/mol. The van der Waals surface area contributed by atoms with Gasteiger partial charge in [-0.2, -0.15) is 0 Å². The van der Waals surface area contributed by atoms with E-state index < -0.39 is 0 Å². The summed E-state index contributed by atoms with van der Waals surface area (Å²) >= 11 is 13.6. The second kappa shape index (κ2) is 5.87. The molecule has 0 radical (unpaired) electrons. The van der Waals surface area contributed by atoms with Gasteiger partial charge in [0.1, 0.15) is 5.76 Å². The molecule has 1 aromatic carbocycles. The van der Waals surface area contributed by atoms with Crippen molar-refractivity contribution in [2.75, 3.05) is 5.32 Å². The molecule has 0 aliphatic heterocycles. The van der Waals surface area contributed by atoms with Crippen molar-refractivity contribution in [2.24, 2.45) is 0 Å². The van der Waals surface area contributed by atoms with Crippen LogP contribution in [0.1, 0.15) is 5.76 Å². The first-order valence-electron chi connectivity index (χ1n) is 5.89. The summed E-state index contributed by atoms with van der Waals surface area (Å²) < 4.78 is 5.26. The first-order valence-corrected chi connectivity index (χ1v) is 7.53. The van der Waals surface area contributed by atoms with E-state index in [-0.39, 0.29) is 0 Å². The van der Waals surface area contributed by atoms with Gasteiger partial charge in [-0.05, 0) is 30.3 Å². The van der Waals surface area contributed by atoms with E-state index in [1.807, 2.05) is 23.6 Å². The van der Waals surface area contributed by atoms with Crippen molar-refractivity contribution in [3.63, 3.8) is 0 Å². The van der Waals surface area contributed by atoms with Crippen molar-refractivity contribution in [2.45, 2.75) is 6.54 Å². The highest BCUT2D eigenvalue weighted by molar-refractivity contribution is 7.14. The first-order chi connectivity index (χ1) is 9.72. The largest absolute Gasteiger partial charge is 0.467 e. The molecule has 0 saturated heterocycles. The van der Waals surface area contributed by atoms with E-state index in [0.29, 0.717) is 16.6 Å². The zero-order chi connectivity index (χ0) is 13.9. The molecule has 102 valence electrons. The average molecular weight is 325 g/mol. The third-order valence-electron chi connectivity index (χ3n) is 2.71. The lowest BCUT2D eigenvalue weighted by atomic mass is 10.2. The molecule has 6 heteroatoms. The number of thiazole rings is 1. The number of hydrogen-bond donors (Lipinski definition) is 1. The minimum atomic E-state index is 0.598. The molecule has 2 aromatic heterocycles. The van der Waals surface area contributed by atoms with E-state index in [2.05, 4.69) is 10.3 Å². The van der Waals surface area contributed by atoms with Crippen molar-refractivity contribution in [3.05, 3.63) is 57.8 Å². The summed E-state index contributed by atoms with van der Waals surface area (Å²) in [6, 6.07) is 9.16. The third-order valence-corrected chi connectivity index (χ3v) is 4.05. The normalized spacial score (nSPS) is 10.7. The average Bonchev–Trinajstić information content (AvgIpc) is 3.07. The number of anilines is 1. The fourth-order valence-electron chi connectivity index (χ4n) is 1.75. The molecule has 0 aliphatic rings. The Labute approximate surface area is 130 Å². The van der Waals surface area contributed by atoms with Crippen LogP contribution in [0.15, 0.2) is 46.4 Å². The fourth-order valence-corrected chi connectivity index (χ4v) is 2.97. The Hall–Kier alpha value is -1.49. The maximum Gasteiger partial charge on any atom is 0.183 e. The Morgan fingerprint density at radius 1 is 1.25 bits per heavy atom. The van der Waals surface area contributed by atoms with Gasteiger partial charge in [-0.1, -0.05) is 23.2 Å². The SMILES string of the molecule is Clc1ccc(-c2csc(NCc3ccco3)n2)c(Cl)c1. The third kappa shape index (κ3) is 2.98. The number of furan rings is 1. The molecule has 0 saturated carbocycles. The fraction of sp³-hybridized carbons (Fsp3) is 0.0714. The maximum atomic E-state index is 6.18. The maximum absolute atomic E-state index is 6.18. The highest BCUT2D eigenvalue weighted by Crippen LogP contribution is 2.32. The molecule has 1 N–H and O–H groups in total. The predicted octanol–water partition coefficient (Wildman–Crippen LogP) is 5.32. The van der Waals surface area contributed by atoms with Gasteiger partial charge >= 0.3 is 0 Å². The Morgan fingerprint density at radius 3 is 2.90 bits per heavy atom. The van der Waals surface area contributed by atoms with Crippen LogP contribution in [0.3, 0.4) is 0 Å². The summed E-state index contributed by atoms with van der Waals surface area (Å²) in [6.07, 6.45) is 1.65. The van der Waals surface area contributed by atoms with Crippen molar-refractivity contribution >= 4 is 39.7 Å². The van der Waals surface area contributed by atoms with E-state index in [1.54, 1.807) is 18.4 Å². The van der Waals surface area contributed by atoms with Gasteiger partial charge in [-0.15, -0.1) is 11.3 Å². The number of benzene rings is 1. The molecule has 20 heavy (non-hydrogen) atoms. The summed E-state index contributed by atoms with van der Waals surface area (Å²) in [6.45, 7) is 0.605. The molecule has 0 atom stereocenters. The van der Waals surface area contributed by atoms with Crippen LogP contribution in [0.2, 0.25) is 10.0 Å². The lowest BCUT2D eigenvalue weighted by Gasteiger charge is -2.01. The molecule has 0 fully saturated rings. The van der Waals surface area contributed by atoms with E-state index in [1.165, 1.54) is 11.3 Å². The molecule has 3 aromatic rings. The van der Waals surface area contributed by atoms with Gasteiger partial charge in [0.2, 0.25) is 0 Å². The van der Waals surface area contributed by atoms with E-state index in [9.17, 15) is 0 Å². The van der Waals surface area contributed by atoms with Gasteiger partial charge in [0.25, 0.3) is 0 Å². The standard InChI is InChI=1S/C14H10Cl2N2OS/c15-9-3-4-11(12(16)6-9)13-8-20-14(18-13)17-7-10-2-1-5-19-10/h1-6,8H,7H2,(H,17,18). The summed E-state index contributed by atoms with van der Waals surface area (Å²) in [7, 11) is 0. The molecule has 0 bridgehead atoms. The monoisotopic (exact) mass is 324 g/mol. The zero-order valence-electron chi connectivity index (χ0n) is 10.3.